The Morgan fingerprint density at radius 3 is 2.50 bits per heavy atom. The third-order valence-corrected chi connectivity index (χ3v) is 5.67. The molecule has 0 atom stereocenters. The van der Waals surface area contributed by atoms with E-state index in [1.807, 2.05) is 4.72 Å². The first-order valence-electron chi connectivity index (χ1n) is 7.23. The van der Waals surface area contributed by atoms with Gasteiger partial charge in [0.1, 0.15) is 5.75 Å². The number of amides is 1. The minimum Gasteiger partial charge on any atom is -0.507 e. The number of aliphatic imine (C=N–C) groups is 1. The summed E-state index contributed by atoms with van der Waals surface area (Å²) in [6.45, 7) is 0. The van der Waals surface area contributed by atoms with Gasteiger partial charge in [-0.25, -0.2) is 9.71 Å². The maximum Gasteiger partial charge on any atom is 0.293 e. The molecule has 0 fully saturated rings. The Balaban J connectivity index is 1.76. The number of carbonyl (C=O) groups is 1. The lowest BCUT2D eigenvalue weighted by atomic mass is 10.2. The third kappa shape index (κ3) is 4.10. The molecule has 8 nitrogen and oxygen atoms in total. The minimum atomic E-state index is -4.16. The molecule has 0 radical (unpaired) electrons. The fraction of sp³-hybridized carbons (Fsp3) is 0. The summed E-state index contributed by atoms with van der Waals surface area (Å²) in [7, 11) is -4.16. The number of nitrogens with one attached hydrogen (secondary N) is 1. The lowest BCUT2D eigenvalue weighted by molar-refractivity contribution is 0.0981. The zero-order chi connectivity index (χ0) is 18.6. The lowest BCUT2D eigenvalue weighted by Gasteiger charge is -2.03. The molecule has 10 heteroatoms. The molecule has 1 aromatic heterocycles. The molecule has 132 valence electrons. The Morgan fingerprint density at radius 2 is 1.77 bits per heavy atom. The average molecular weight is 388 g/mol. The van der Waals surface area contributed by atoms with E-state index < -0.39 is 15.9 Å². The van der Waals surface area contributed by atoms with Crippen LogP contribution in [0.15, 0.2) is 63.9 Å². The van der Waals surface area contributed by atoms with Crippen LogP contribution in [0.25, 0.3) is 0 Å². The molecule has 0 saturated heterocycles. The van der Waals surface area contributed by atoms with Crippen LogP contribution in [-0.4, -0.2) is 35.8 Å². The maximum absolute atomic E-state index is 12.2. The van der Waals surface area contributed by atoms with Gasteiger partial charge < -0.3 is 5.11 Å². The number of sulfonamides is 1. The molecule has 1 heterocycles. The smallest absolute Gasteiger partial charge is 0.293 e. The number of aromatic nitrogens is 2. The summed E-state index contributed by atoms with van der Waals surface area (Å²) in [6, 6.07) is 14.5. The predicted octanol–water partition coefficient (Wildman–Crippen LogP) is 2.11. The lowest BCUT2D eigenvalue weighted by Crippen LogP contribution is -2.30. The highest BCUT2D eigenvalue weighted by Gasteiger charge is 2.23. The van der Waals surface area contributed by atoms with Crippen LogP contribution >= 0.6 is 11.3 Å². The van der Waals surface area contributed by atoms with Gasteiger partial charge in [-0.1, -0.05) is 41.7 Å². The number of phenols is 1. The summed E-state index contributed by atoms with van der Waals surface area (Å²) in [5.41, 5.74) is 0.655. The van der Waals surface area contributed by atoms with Crippen molar-refractivity contribution in [3.05, 3.63) is 65.7 Å². The normalized spacial score (nSPS) is 11.5. The average Bonchev–Trinajstić information content (AvgIpc) is 3.11. The molecule has 2 N–H and O–H groups in total. The van der Waals surface area contributed by atoms with Crippen molar-refractivity contribution in [2.75, 3.05) is 0 Å². The van der Waals surface area contributed by atoms with Crippen LogP contribution in [0.4, 0.5) is 5.13 Å². The zero-order valence-corrected chi connectivity index (χ0v) is 14.7. The number of rotatable bonds is 5. The maximum atomic E-state index is 12.2. The number of hydrogen-bond acceptors (Lipinski definition) is 8. The fourth-order valence-electron chi connectivity index (χ4n) is 1.90. The molecule has 0 spiro atoms. The van der Waals surface area contributed by atoms with Gasteiger partial charge in [0, 0.05) is 17.3 Å². The van der Waals surface area contributed by atoms with E-state index in [9.17, 15) is 18.3 Å². The van der Waals surface area contributed by atoms with Gasteiger partial charge in [0.2, 0.25) is 5.13 Å². The van der Waals surface area contributed by atoms with Gasteiger partial charge in [0.05, 0.1) is 0 Å². The third-order valence-electron chi connectivity index (χ3n) is 3.14. The van der Waals surface area contributed by atoms with E-state index in [1.165, 1.54) is 24.4 Å². The van der Waals surface area contributed by atoms with Crippen molar-refractivity contribution in [2.45, 2.75) is 4.34 Å². The number of hydrogen-bond donors (Lipinski definition) is 2. The van der Waals surface area contributed by atoms with Gasteiger partial charge in [0.15, 0.2) is 0 Å². The van der Waals surface area contributed by atoms with Crippen LogP contribution in [0.1, 0.15) is 15.9 Å². The molecule has 0 unspecified atom stereocenters. The number of carbonyl (C=O) groups excluding carboxylic acids is 1. The van der Waals surface area contributed by atoms with Gasteiger partial charge in [-0.2, -0.15) is 8.42 Å². The van der Waals surface area contributed by atoms with Crippen molar-refractivity contribution in [1.29, 1.82) is 0 Å². The molecule has 1 amide bonds. The molecule has 3 aromatic rings. The fourth-order valence-corrected chi connectivity index (χ4v) is 3.71. The summed E-state index contributed by atoms with van der Waals surface area (Å²) >= 11 is 0.698. The molecule has 0 aliphatic carbocycles. The quantitative estimate of drug-likeness (QED) is 0.646. The summed E-state index contributed by atoms with van der Waals surface area (Å²) in [6.07, 6.45) is 1.34. The van der Waals surface area contributed by atoms with Crippen molar-refractivity contribution >= 4 is 38.6 Å². The van der Waals surface area contributed by atoms with Gasteiger partial charge >= 0.3 is 0 Å². The number of benzene rings is 2. The predicted molar refractivity (Wildman–Crippen MR) is 96.4 cm³/mol. The van der Waals surface area contributed by atoms with Crippen LogP contribution in [0, 0.1) is 0 Å². The summed E-state index contributed by atoms with van der Waals surface area (Å²) in [5.74, 6) is -0.733. The SMILES string of the molecule is O=C(NS(=O)(=O)c1nnc(/N=C/c2ccccc2O)s1)c1ccccc1. The molecule has 3 rings (SSSR count). The molecule has 26 heavy (non-hydrogen) atoms. The first-order valence-corrected chi connectivity index (χ1v) is 9.53. The molecule has 0 bridgehead atoms. The highest BCUT2D eigenvalue weighted by Crippen LogP contribution is 2.23. The minimum absolute atomic E-state index is 0.0312. The molecule has 2 aromatic carbocycles. The zero-order valence-electron chi connectivity index (χ0n) is 13.1. The van der Waals surface area contributed by atoms with Gasteiger partial charge in [-0.3, -0.25) is 4.79 Å². The Kier molecular flexibility index (Phi) is 5.05. The summed E-state index contributed by atoms with van der Waals surface area (Å²) < 4.78 is 26.0. The first kappa shape index (κ1) is 17.7. The second-order valence-electron chi connectivity index (χ2n) is 4.97. The molecule has 0 aliphatic heterocycles. The van der Waals surface area contributed by atoms with E-state index >= 15 is 0 Å². The van der Waals surface area contributed by atoms with Crippen LogP contribution in [-0.2, 0) is 10.0 Å². The highest BCUT2D eigenvalue weighted by molar-refractivity contribution is 7.92. The number of para-hydroxylation sites is 1. The summed E-state index contributed by atoms with van der Waals surface area (Å²) in [4.78, 5) is 16.0. The molecular weight excluding hydrogens is 376 g/mol. The van der Waals surface area contributed by atoms with E-state index in [-0.39, 0.29) is 20.8 Å². The van der Waals surface area contributed by atoms with E-state index in [2.05, 4.69) is 15.2 Å². The molecule has 0 saturated carbocycles. The van der Waals surface area contributed by atoms with Gasteiger partial charge in [-0.15, -0.1) is 10.2 Å². The van der Waals surface area contributed by atoms with Gasteiger partial charge in [-0.05, 0) is 24.3 Å². The monoisotopic (exact) mass is 388 g/mol. The summed E-state index contributed by atoms with van der Waals surface area (Å²) in [5, 5.41) is 17.0. The Labute approximate surface area is 152 Å². The van der Waals surface area contributed by atoms with Crippen LogP contribution < -0.4 is 4.72 Å². The Morgan fingerprint density at radius 1 is 1.08 bits per heavy atom. The standard InChI is InChI=1S/C16H12N4O4S2/c21-13-9-5-4-8-12(13)10-17-15-18-19-16(25-15)26(23,24)20-14(22)11-6-2-1-3-7-11/h1-10,21H,(H,20,22)/b17-10+. The second kappa shape index (κ2) is 7.42. The van der Waals surface area contributed by atoms with E-state index in [4.69, 9.17) is 0 Å². The first-order chi connectivity index (χ1) is 12.5. The second-order valence-corrected chi connectivity index (χ2v) is 7.78. The van der Waals surface area contributed by atoms with Crippen molar-refractivity contribution < 1.29 is 18.3 Å². The molecular formula is C16H12N4O4S2. The van der Waals surface area contributed by atoms with Crippen molar-refractivity contribution in [3.63, 3.8) is 0 Å². The van der Waals surface area contributed by atoms with E-state index in [0.717, 1.165) is 0 Å². The van der Waals surface area contributed by atoms with Crippen LogP contribution in [0.5, 0.6) is 5.75 Å². The Bertz CT molecular complexity index is 1060. The largest absolute Gasteiger partial charge is 0.507 e. The van der Waals surface area contributed by atoms with E-state index in [1.54, 1.807) is 36.4 Å². The topological polar surface area (TPSA) is 122 Å². The van der Waals surface area contributed by atoms with Crippen molar-refractivity contribution in [2.24, 2.45) is 4.99 Å². The van der Waals surface area contributed by atoms with E-state index in [0.29, 0.717) is 16.9 Å². The highest BCUT2D eigenvalue weighted by atomic mass is 32.2. The van der Waals surface area contributed by atoms with Crippen molar-refractivity contribution in [1.82, 2.24) is 14.9 Å². The van der Waals surface area contributed by atoms with Crippen LogP contribution in [0.2, 0.25) is 0 Å². The van der Waals surface area contributed by atoms with Gasteiger partial charge in [0.25, 0.3) is 20.3 Å². The van der Waals surface area contributed by atoms with Crippen LogP contribution in [0.3, 0.4) is 0 Å². The number of nitrogens with zero attached hydrogens (tertiary/aromatic N) is 3. The Hall–Kier alpha value is -3.11. The number of phenolic OH excluding ortho intramolecular Hbond substituents is 1. The number of aromatic hydroxyl groups is 1. The molecule has 0 aliphatic rings. The van der Waals surface area contributed by atoms with Crippen molar-refractivity contribution in [3.8, 4) is 5.75 Å².